The maximum absolute atomic E-state index is 5.76. The Bertz CT molecular complexity index is 1050. The number of rotatable bonds is 2. The third-order valence-corrected chi connectivity index (χ3v) is 5.91. The van der Waals surface area contributed by atoms with Crippen molar-refractivity contribution in [2.24, 2.45) is 9.98 Å². The number of benzene rings is 1. The molecule has 2 atom stereocenters. The summed E-state index contributed by atoms with van der Waals surface area (Å²) < 4.78 is 5.76. The molecule has 4 nitrogen and oxygen atoms in total. The fourth-order valence-electron chi connectivity index (χ4n) is 4.55. The van der Waals surface area contributed by atoms with Gasteiger partial charge < -0.3 is 10.1 Å². The molecule has 30 heavy (non-hydrogen) atoms. The summed E-state index contributed by atoms with van der Waals surface area (Å²) in [5.41, 5.74) is 7.01. The first-order valence-corrected chi connectivity index (χ1v) is 10.2. The molecule has 1 aromatic rings. The van der Waals surface area contributed by atoms with Crippen LogP contribution in [0.2, 0.25) is 0 Å². The van der Waals surface area contributed by atoms with Gasteiger partial charge in [0.25, 0.3) is 0 Å². The van der Waals surface area contributed by atoms with Crippen molar-refractivity contribution in [1.29, 1.82) is 0 Å². The zero-order valence-corrected chi connectivity index (χ0v) is 17.3. The summed E-state index contributed by atoms with van der Waals surface area (Å²) in [5.74, 6) is 1.31. The number of hydrogen-bond acceptors (Lipinski definition) is 4. The molecule has 1 aromatic carbocycles. The quantitative estimate of drug-likeness (QED) is 0.731. The van der Waals surface area contributed by atoms with Crippen LogP contribution in [0, 0.1) is 0 Å². The predicted octanol–water partition coefficient (Wildman–Crippen LogP) is 5.35. The minimum absolute atomic E-state index is 0.0746. The lowest BCUT2D eigenvalue weighted by Crippen LogP contribution is -2.27. The van der Waals surface area contributed by atoms with Crippen LogP contribution in [0.5, 0.6) is 0 Å². The van der Waals surface area contributed by atoms with Gasteiger partial charge in [-0.2, -0.15) is 0 Å². The van der Waals surface area contributed by atoms with Crippen LogP contribution in [0.1, 0.15) is 36.3 Å². The molecule has 0 saturated heterocycles. The van der Waals surface area contributed by atoms with Crippen LogP contribution >= 0.6 is 0 Å². The average Bonchev–Trinajstić information content (AvgIpc) is 2.88. The second kappa shape index (κ2) is 8.15. The fourth-order valence-corrected chi connectivity index (χ4v) is 4.55. The first-order valence-electron chi connectivity index (χ1n) is 10.2. The summed E-state index contributed by atoms with van der Waals surface area (Å²) in [6.07, 6.45) is 6.09. The Morgan fingerprint density at radius 3 is 2.60 bits per heavy atom. The number of allylic oxidation sites excluding steroid dienone is 3. The van der Waals surface area contributed by atoms with Crippen LogP contribution in [-0.4, -0.2) is 24.0 Å². The second-order valence-electron chi connectivity index (χ2n) is 7.77. The predicted molar refractivity (Wildman–Crippen MR) is 125 cm³/mol. The summed E-state index contributed by atoms with van der Waals surface area (Å²) >= 11 is 0. The maximum atomic E-state index is 5.76. The summed E-state index contributed by atoms with van der Waals surface area (Å²) in [6.45, 7) is 20.8. The first kappa shape index (κ1) is 19.9. The summed E-state index contributed by atoms with van der Waals surface area (Å²) in [6, 6.07) is 8.57. The highest BCUT2D eigenvalue weighted by Crippen LogP contribution is 2.39. The molecular formula is C26H27N3O. The molecule has 0 aromatic heterocycles. The number of ether oxygens (including phenoxy) is 1. The van der Waals surface area contributed by atoms with Crippen LogP contribution in [0.3, 0.4) is 0 Å². The van der Waals surface area contributed by atoms with Crippen molar-refractivity contribution in [2.75, 3.05) is 6.54 Å². The van der Waals surface area contributed by atoms with Crippen molar-refractivity contribution in [3.05, 3.63) is 109 Å². The van der Waals surface area contributed by atoms with E-state index in [-0.39, 0.29) is 12.0 Å². The zero-order valence-electron chi connectivity index (χ0n) is 17.3. The van der Waals surface area contributed by atoms with Gasteiger partial charge in [0.05, 0.1) is 17.5 Å². The number of nitrogens with one attached hydrogen (secondary N) is 1. The molecule has 0 radical (unpaired) electrons. The topological polar surface area (TPSA) is 46.0 Å². The maximum Gasteiger partial charge on any atom is 0.186 e. The van der Waals surface area contributed by atoms with Crippen molar-refractivity contribution < 1.29 is 4.74 Å². The van der Waals surface area contributed by atoms with E-state index in [2.05, 4.69) is 62.5 Å². The SMILES string of the molecule is C=CC1=NC(=C)CC2N=C(C=C)c3ccccc3C2CCC2=C1C(=C)OC(=C)NC2. The molecule has 3 aliphatic rings. The number of aliphatic imine (C=N–C) groups is 2. The minimum Gasteiger partial charge on any atom is -0.442 e. The molecule has 1 N–H and O–H groups in total. The molecule has 0 spiro atoms. The molecule has 2 unspecified atom stereocenters. The smallest absolute Gasteiger partial charge is 0.186 e. The molecule has 152 valence electrons. The van der Waals surface area contributed by atoms with E-state index in [4.69, 9.17) is 14.7 Å². The Morgan fingerprint density at radius 2 is 1.83 bits per heavy atom. The van der Waals surface area contributed by atoms with Gasteiger partial charge in [-0.05, 0) is 42.7 Å². The van der Waals surface area contributed by atoms with Gasteiger partial charge in [0.2, 0.25) is 0 Å². The number of nitrogens with zero attached hydrogens (tertiary/aromatic N) is 2. The molecule has 4 rings (SSSR count). The Hall–Kier alpha value is -3.40. The van der Waals surface area contributed by atoms with E-state index < -0.39 is 0 Å². The summed E-state index contributed by atoms with van der Waals surface area (Å²) in [4.78, 5) is 9.85. The highest BCUT2D eigenvalue weighted by molar-refractivity contribution is 6.12. The molecule has 3 heterocycles. The van der Waals surface area contributed by atoms with Crippen molar-refractivity contribution in [3.8, 4) is 0 Å². The highest BCUT2D eigenvalue weighted by atomic mass is 16.5. The molecule has 3 aliphatic heterocycles. The van der Waals surface area contributed by atoms with Crippen LogP contribution in [0.4, 0.5) is 0 Å². The van der Waals surface area contributed by atoms with Crippen LogP contribution in [-0.2, 0) is 4.74 Å². The van der Waals surface area contributed by atoms with Crippen LogP contribution < -0.4 is 5.32 Å². The van der Waals surface area contributed by atoms with Gasteiger partial charge in [-0.25, -0.2) is 0 Å². The molecule has 0 aliphatic carbocycles. The van der Waals surface area contributed by atoms with Gasteiger partial charge in [-0.15, -0.1) is 0 Å². The zero-order chi connectivity index (χ0) is 21.3. The lowest BCUT2D eigenvalue weighted by Gasteiger charge is -2.32. The summed E-state index contributed by atoms with van der Waals surface area (Å²) in [7, 11) is 0. The Labute approximate surface area is 178 Å². The van der Waals surface area contributed by atoms with Crippen molar-refractivity contribution in [3.63, 3.8) is 0 Å². The molecule has 0 amide bonds. The standard InChI is InChI=1S/C26H27N3O/c1-6-23-21-11-9-8-10-20(21)22-13-12-19-15-27-18(5)30-17(4)26(19)24(7-2)28-16(3)14-25(22)29-23/h6-11,22,25,27H,1-5,12-15H2. The molecule has 0 bridgehead atoms. The minimum atomic E-state index is 0.0746. The third-order valence-electron chi connectivity index (χ3n) is 5.91. The lowest BCUT2D eigenvalue weighted by atomic mass is 9.78. The fraction of sp³-hybridized carbons (Fsp3) is 0.231. The van der Waals surface area contributed by atoms with E-state index in [0.29, 0.717) is 24.6 Å². The average molecular weight is 398 g/mol. The van der Waals surface area contributed by atoms with Crippen molar-refractivity contribution >= 4 is 11.4 Å². The van der Waals surface area contributed by atoms with Gasteiger partial charge in [0, 0.05) is 35.7 Å². The second-order valence-corrected chi connectivity index (χ2v) is 7.77. The largest absolute Gasteiger partial charge is 0.442 e. The van der Waals surface area contributed by atoms with E-state index >= 15 is 0 Å². The van der Waals surface area contributed by atoms with E-state index in [9.17, 15) is 0 Å². The van der Waals surface area contributed by atoms with E-state index in [1.54, 1.807) is 6.08 Å². The van der Waals surface area contributed by atoms with Gasteiger partial charge in [0.15, 0.2) is 5.88 Å². The Kier molecular flexibility index (Phi) is 5.40. The van der Waals surface area contributed by atoms with E-state index in [1.807, 2.05) is 6.08 Å². The van der Waals surface area contributed by atoms with Gasteiger partial charge in [-0.1, -0.05) is 50.6 Å². The van der Waals surface area contributed by atoms with Crippen molar-refractivity contribution in [1.82, 2.24) is 5.32 Å². The molecule has 4 heteroatoms. The van der Waals surface area contributed by atoms with Crippen LogP contribution in [0.15, 0.2) is 108 Å². The number of fused-ring (bicyclic) bond motifs is 3. The molecule has 0 fully saturated rings. The lowest BCUT2D eigenvalue weighted by molar-refractivity contribution is 0.298. The van der Waals surface area contributed by atoms with Gasteiger partial charge in [0.1, 0.15) is 5.76 Å². The molecular weight excluding hydrogens is 370 g/mol. The van der Waals surface area contributed by atoms with Gasteiger partial charge >= 0.3 is 0 Å². The molecule has 0 saturated carbocycles. The van der Waals surface area contributed by atoms with E-state index in [1.165, 1.54) is 16.7 Å². The first-order chi connectivity index (χ1) is 14.5. The van der Waals surface area contributed by atoms with Crippen LogP contribution in [0.25, 0.3) is 0 Å². The highest BCUT2D eigenvalue weighted by Gasteiger charge is 2.32. The van der Waals surface area contributed by atoms with E-state index in [0.717, 1.165) is 35.5 Å². The normalized spacial score (nSPS) is 24.1. The summed E-state index contributed by atoms with van der Waals surface area (Å²) in [5, 5.41) is 3.23. The monoisotopic (exact) mass is 397 g/mol. The number of hydrogen-bond donors (Lipinski definition) is 1. The Morgan fingerprint density at radius 1 is 1.07 bits per heavy atom. The Balaban J connectivity index is 1.82. The third kappa shape index (κ3) is 3.61. The van der Waals surface area contributed by atoms with Gasteiger partial charge in [-0.3, -0.25) is 9.98 Å². The van der Waals surface area contributed by atoms with Crippen molar-refractivity contribution in [2.45, 2.75) is 31.2 Å².